The molecule has 0 saturated carbocycles. The first kappa shape index (κ1) is 18.3. The second-order valence-corrected chi connectivity index (χ2v) is 7.24. The van der Waals surface area contributed by atoms with Gasteiger partial charge < -0.3 is 10.0 Å². The number of hydrogen-bond acceptors (Lipinski definition) is 4. The summed E-state index contributed by atoms with van der Waals surface area (Å²) in [5.41, 5.74) is 2.57. The molecule has 1 aromatic carbocycles. The molecule has 1 amide bonds. The topological polar surface area (TPSA) is 47.0 Å². The Balaban J connectivity index is 1.46. The Labute approximate surface area is 149 Å². The number of carbonyl (C=O) groups excluding carboxylic acids is 1. The Morgan fingerprint density at radius 2 is 2.04 bits per heavy atom. The molecule has 0 spiro atoms. The van der Waals surface area contributed by atoms with E-state index in [-0.39, 0.29) is 31.6 Å². The third kappa shape index (κ3) is 4.77. The highest BCUT2D eigenvalue weighted by atomic mass is 19.1. The highest BCUT2D eigenvalue weighted by Gasteiger charge is 2.34. The van der Waals surface area contributed by atoms with Crippen molar-refractivity contribution in [1.82, 2.24) is 14.7 Å². The van der Waals surface area contributed by atoms with Crippen LogP contribution in [0.2, 0.25) is 0 Å². The van der Waals surface area contributed by atoms with Crippen LogP contribution in [0.1, 0.15) is 17.5 Å². The molecular formula is C19H28FN3O2. The molecule has 1 aromatic rings. The van der Waals surface area contributed by atoms with Gasteiger partial charge in [-0.2, -0.15) is 0 Å². The van der Waals surface area contributed by atoms with E-state index in [9.17, 15) is 14.3 Å². The minimum atomic E-state index is -0.934. The molecule has 2 aliphatic rings. The van der Waals surface area contributed by atoms with E-state index in [1.54, 1.807) is 4.90 Å². The number of nitrogens with zero attached hydrogens (tertiary/aromatic N) is 3. The molecule has 6 heteroatoms. The summed E-state index contributed by atoms with van der Waals surface area (Å²) < 4.78 is 13.5. The lowest BCUT2D eigenvalue weighted by Crippen LogP contribution is -2.51. The molecule has 1 N–H and O–H groups in total. The third-order valence-corrected chi connectivity index (χ3v) is 5.24. The van der Waals surface area contributed by atoms with Crippen LogP contribution in [-0.2, 0) is 11.3 Å². The summed E-state index contributed by atoms with van der Waals surface area (Å²) >= 11 is 0. The first-order valence-electron chi connectivity index (χ1n) is 9.10. The van der Waals surface area contributed by atoms with E-state index in [1.807, 2.05) is 4.90 Å². The Morgan fingerprint density at radius 1 is 1.28 bits per heavy atom. The van der Waals surface area contributed by atoms with Gasteiger partial charge in [0, 0.05) is 45.3 Å². The van der Waals surface area contributed by atoms with Gasteiger partial charge >= 0.3 is 0 Å². The molecule has 138 valence electrons. The highest BCUT2D eigenvalue weighted by Crippen LogP contribution is 2.20. The Kier molecular flexibility index (Phi) is 6.04. The number of carbonyl (C=O) groups is 1. The molecule has 2 aliphatic heterocycles. The number of amides is 1. The maximum absolute atomic E-state index is 13.5. The molecule has 25 heavy (non-hydrogen) atoms. The van der Waals surface area contributed by atoms with Crippen LogP contribution in [0.25, 0.3) is 0 Å². The largest absolute Gasteiger partial charge is 0.395 e. The first-order chi connectivity index (χ1) is 12.0. The standard InChI is InChI=1S/C19H28FN3O2/c1-15-3-2-4-16(9-15)11-21-5-7-22(8-6-21)19(25)13-23-12-17(20)10-18(23)14-24/h2-4,9,17-18,24H,5-8,10-14H2,1H3/t17-,18-/m0/s1. The van der Waals surface area contributed by atoms with E-state index in [1.165, 1.54) is 11.1 Å². The number of benzene rings is 1. The van der Waals surface area contributed by atoms with Crippen LogP contribution in [-0.4, -0.2) is 83.8 Å². The average molecular weight is 349 g/mol. The van der Waals surface area contributed by atoms with Crippen molar-refractivity contribution in [2.45, 2.75) is 32.1 Å². The molecular weight excluding hydrogens is 321 g/mol. The maximum atomic E-state index is 13.5. The number of rotatable bonds is 5. The smallest absolute Gasteiger partial charge is 0.236 e. The molecule has 2 saturated heterocycles. The zero-order chi connectivity index (χ0) is 17.8. The molecule has 0 aromatic heterocycles. The van der Waals surface area contributed by atoms with Crippen molar-refractivity contribution in [2.75, 3.05) is 45.9 Å². The van der Waals surface area contributed by atoms with Crippen LogP contribution in [0, 0.1) is 6.92 Å². The summed E-state index contributed by atoms with van der Waals surface area (Å²) in [5.74, 6) is 0.0442. The van der Waals surface area contributed by atoms with E-state index in [4.69, 9.17) is 0 Å². The van der Waals surface area contributed by atoms with Crippen molar-refractivity contribution < 1.29 is 14.3 Å². The van der Waals surface area contributed by atoms with Crippen molar-refractivity contribution in [2.24, 2.45) is 0 Å². The van der Waals surface area contributed by atoms with Gasteiger partial charge in [0.2, 0.25) is 5.91 Å². The first-order valence-corrected chi connectivity index (χ1v) is 9.10. The summed E-state index contributed by atoms with van der Waals surface area (Å²) in [7, 11) is 0. The van der Waals surface area contributed by atoms with Gasteiger partial charge in [0.05, 0.1) is 13.2 Å². The van der Waals surface area contributed by atoms with Gasteiger partial charge in [0.25, 0.3) is 0 Å². The highest BCUT2D eigenvalue weighted by molar-refractivity contribution is 5.78. The number of aryl methyl sites for hydroxylation is 1. The third-order valence-electron chi connectivity index (χ3n) is 5.24. The molecule has 0 unspecified atom stereocenters. The van der Waals surface area contributed by atoms with E-state index in [0.29, 0.717) is 19.5 Å². The van der Waals surface area contributed by atoms with Gasteiger partial charge in [-0.05, 0) is 18.9 Å². The quantitative estimate of drug-likeness (QED) is 0.863. The molecule has 5 nitrogen and oxygen atoms in total. The van der Waals surface area contributed by atoms with Gasteiger partial charge in [0.15, 0.2) is 0 Å². The van der Waals surface area contributed by atoms with Crippen LogP contribution in [0.5, 0.6) is 0 Å². The molecule has 0 aliphatic carbocycles. The Hall–Kier alpha value is -1.50. The summed E-state index contributed by atoms with van der Waals surface area (Å²) in [6.45, 7) is 6.52. The lowest BCUT2D eigenvalue weighted by Gasteiger charge is -2.36. The van der Waals surface area contributed by atoms with E-state index in [2.05, 4.69) is 36.1 Å². The average Bonchev–Trinajstić information content (AvgIpc) is 2.95. The summed E-state index contributed by atoms with van der Waals surface area (Å²) in [4.78, 5) is 18.5. The fourth-order valence-corrected chi connectivity index (χ4v) is 3.80. The van der Waals surface area contributed by atoms with Crippen LogP contribution < -0.4 is 0 Å². The fraction of sp³-hybridized carbons (Fsp3) is 0.632. The predicted octanol–water partition coefficient (Wildman–Crippen LogP) is 1.04. The van der Waals surface area contributed by atoms with Crippen molar-refractivity contribution in [1.29, 1.82) is 0 Å². The minimum absolute atomic E-state index is 0.0442. The Morgan fingerprint density at radius 3 is 2.72 bits per heavy atom. The number of aliphatic hydroxyl groups is 1. The van der Waals surface area contributed by atoms with Crippen LogP contribution in [0.15, 0.2) is 24.3 Å². The monoisotopic (exact) mass is 349 g/mol. The molecule has 3 rings (SSSR count). The summed E-state index contributed by atoms with van der Waals surface area (Å²) in [6.07, 6.45) is -0.607. The lowest BCUT2D eigenvalue weighted by atomic mass is 10.1. The van der Waals surface area contributed by atoms with Crippen LogP contribution in [0.4, 0.5) is 4.39 Å². The molecule has 2 atom stereocenters. The number of alkyl halides is 1. The van der Waals surface area contributed by atoms with Gasteiger partial charge in [-0.3, -0.25) is 14.6 Å². The number of halogens is 1. The number of hydrogen-bond donors (Lipinski definition) is 1. The van der Waals surface area contributed by atoms with Crippen molar-refractivity contribution in [3.8, 4) is 0 Å². The van der Waals surface area contributed by atoms with Crippen molar-refractivity contribution in [3.63, 3.8) is 0 Å². The molecule has 2 fully saturated rings. The number of likely N-dealkylation sites (tertiary alicyclic amines) is 1. The minimum Gasteiger partial charge on any atom is -0.395 e. The molecule has 0 radical (unpaired) electrons. The molecule has 2 heterocycles. The lowest BCUT2D eigenvalue weighted by molar-refractivity contribution is -0.134. The van der Waals surface area contributed by atoms with Crippen LogP contribution in [0.3, 0.4) is 0 Å². The summed E-state index contributed by atoms with van der Waals surface area (Å²) in [5, 5.41) is 9.33. The normalized spacial score (nSPS) is 25.5. The van der Waals surface area contributed by atoms with E-state index in [0.717, 1.165) is 19.6 Å². The second kappa shape index (κ2) is 8.25. The maximum Gasteiger partial charge on any atom is 0.236 e. The summed E-state index contributed by atoms with van der Waals surface area (Å²) in [6, 6.07) is 8.30. The van der Waals surface area contributed by atoms with Gasteiger partial charge in [0.1, 0.15) is 6.17 Å². The predicted molar refractivity (Wildman–Crippen MR) is 95.0 cm³/mol. The molecule has 0 bridgehead atoms. The SMILES string of the molecule is Cc1cccc(CN2CCN(C(=O)CN3C[C@@H](F)C[C@H]3CO)CC2)c1. The van der Waals surface area contributed by atoms with E-state index >= 15 is 0 Å². The number of aliphatic hydroxyl groups excluding tert-OH is 1. The zero-order valence-electron chi connectivity index (χ0n) is 14.9. The van der Waals surface area contributed by atoms with Crippen LogP contribution >= 0.6 is 0 Å². The zero-order valence-corrected chi connectivity index (χ0v) is 14.9. The van der Waals surface area contributed by atoms with Gasteiger partial charge in [-0.25, -0.2) is 4.39 Å². The number of piperazine rings is 1. The van der Waals surface area contributed by atoms with Gasteiger partial charge in [-0.1, -0.05) is 29.8 Å². The van der Waals surface area contributed by atoms with Crippen molar-refractivity contribution >= 4 is 5.91 Å². The Bertz CT molecular complexity index is 590. The fourth-order valence-electron chi connectivity index (χ4n) is 3.80. The van der Waals surface area contributed by atoms with Crippen molar-refractivity contribution in [3.05, 3.63) is 35.4 Å². The van der Waals surface area contributed by atoms with E-state index < -0.39 is 6.17 Å². The van der Waals surface area contributed by atoms with Gasteiger partial charge in [-0.15, -0.1) is 0 Å². The second-order valence-electron chi connectivity index (χ2n) is 7.24.